The van der Waals surface area contributed by atoms with E-state index in [0.29, 0.717) is 6.42 Å². The fourth-order valence-corrected chi connectivity index (χ4v) is 6.10. The van der Waals surface area contributed by atoms with Gasteiger partial charge in [-0.05, 0) is 69.3 Å². The molecule has 1 fully saturated rings. The standard InChI is InChI=1S/C25H26ClF4N5O3S.CH2O2/c1-35(2)21-13-24(36,15-4-3-5-16(10-15)25(28,29)30)8-6-19(21)33-20-12-18(27)22(11-17(20)26)39(37,38)34-23-7-9-31-14-32-23;2-1-3/h3-5,7,9-12,14,19,21,33,36H,6,8,13H2,1-2H3,(H,31,32,34);1H,(H,2,3)/t19-,21-,24-;/m1./s1. The minimum Gasteiger partial charge on any atom is -0.483 e. The number of benzene rings is 2. The lowest BCUT2D eigenvalue weighted by Crippen LogP contribution is -2.52. The van der Waals surface area contributed by atoms with Crippen LogP contribution in [0.15, 0.2) is 59.9 Å². The molecule has 2 aromatic carbocycles. The first kappa shape index (κ1) is 33.0. The van der Waals surface area contributed by atoms with Crippen LogP contribution in [0.4, 0.5) is 29.1 Å². The molecule has 3 aromatic rings. The van der Waals surface area contributed by atoms with Crippen LogP contribution in [0.2, 0.25) is 5.02 Å². The summed E-state index contributed by atoms with van der Waals surface area (Å²) in [5.74, 6) is -1.10. The lowest BCUT2D eigenvalue weighted by Gasteiger charge is -2.45. The van der Waals surface area contributed by atoms with Crippen LogP contribution in [-0.4, -0.2) is 66.1 Å². The quantitative estimate of drug-likeness (QED) is 0.217. The normalized spacial score (nSPS) is 20.8. The third-order valence-corrected chi connectivity index (χ3v) is 8.43. The Hall–Kier alpha value is -3.53. The van der Waals surface area contributed by atoms with E-state index in [1.807, 2.05) is 4.90 Å². The van der Waals surface area contributed by atoms with Crippen LogP contribution in [0.25, 0.3) is 0 Å². The van der Waals surface area contributed by atoms with E-state index in [2.05, 4.69) is 20.0 Å². The number of hydrogen-bond donors (Lipinski definition) is 4. The van der Waals surface area contributed by atoms with Gasteiger partial charge in [0.05, 0.1) is 21.9 Å². The van der Waals surface area contributed by atoms with Crippen LogP contribution in [0.5, 0.6) is 0 Å². The molecule has 0 radical (unpaired) electrons. The molecule has 3 atom stereocenters. The Labute approximate surface area is 244 Å². The molecule has 1 aromatic heterocycles. The van der Waals surface area contributed by atoms with Gasteiger partial charge in [0.1, 0.15) is 22.9 Å². The number of alkyl halides is 3. The molecule has 1 aliphatic rings. The Morgan fingerprint density at radius 2 is 1.88 bits per heavy atom. The van der Waals surface area contributed by atoms with Gasteiger partial charge in [-0.2, -0.15) is 13.2 Å². The van der Waals surface area contributed by atoms with Crippen LogP contribution < -0.4 is 10.0 Å². The number of nitrogens with one attached hydrogen (secondary N) is 2. The molecule has 0 unspecified atom stereocenters. The van der Waals surface area contributed by atoms with Gasteiger partial charge in [0.25, 0.3) is 16.5 Å². The third-order valence-electron chi connectivity index (χ3n) is 6.74. The fourth-order valence-electron chi connectivity index (χ4n) is 4.72. The van der Waals surface area contributed by atoms with E-state index < -0.39 is 38.1 Å². The largest absolute Gasteiger partial charge is 0.483 e. The molecule has 0 bridgehead atoms. The number of sulfonamides is 1. The van der Waals surface area contributed by atoms with Crippen LogP contribution in [-0.2, 0) is 26.6 Å². The highest BCUT2D eigenvalue weighted by atomic mass is 35.5. The Morgan fingerprint density at radius 3 is 2.48 bits per heavy atom. The highest BCUT2D eigenvalue weighted by Crippen LogP contribution is 2.42. The lowest BCUT2D eigenvalue weighted by atomic mass is 9.74. The first-order valence-corrected chi connectivity index (χ1v) is 14.2. The molecule has 16 heteroatoms. The molecule has 1 heterocycles. The van der Waals surface area contributed by atoms with Gasteiger partial charge in [0.2, 0.25) is 0 Å². The van der Waals surface area contributed by atoms with Crippen molar-refractivity contribution in [3.63, 3.8) is 0 Å². The third kappa shape index (κ3) is 7.85. The van der Waals surface area contributed by atoms with Gasteiger partial charge in [-0.1, -0.05) is 23.7 Å². The minimum atomic E-state index is -4.54. The zero-order valence-corrected chi connectivity index (χ0v) is 23.9. The Balaban J connectivity index is 0.00000155. The molecule has 0 aliphatic heterocycles. The number of aromatic nitrogens is 2. The highest BCUT2D eigenvalue weighted by Gasteiger charge is 2.43. The van der Waals surface area contributed by atoms with Gasteiger partial charge >= 0.3 is 6.18 Å². The summed E-state index contributed by atoms with van der Waals surface area (Å²) < 4.78 is 82.4. The summed E-state index contributed by atoms with van der Waals surface area (Å²) >= 11 is 6.35. The van der Waals surface area contributed by atoms with Crippen molar-refractivity contribution < 1.29 is 41.0 Å². The molecule has 1 saturated carbocycles. The van der Waals surface area contributed by atoms with Crippen LogP contribution >= 0.6 is 11.6 Å². The molecule has 0 saturated heterocycles. The average Bonchev–Trinajstić information content (AvgIpc) is 2.92. The summed E-state index contributed by atoms with van der Waals surface area (Å²) in [6.45, 7) is -0.250. The molecule has 4 rings (SSSR count). The number of halogens is 5. The molecule has 42 heavy (non-hydrogen) atoms. The lowest BCUT2D eigenvalue weighted by molar-refractivity contribution is -0.137. The maximum atomic E-state index is 15.0. The smallest absolute Gasteiger partial charge is 0.416 e. The van der Waals surface area contributed by atoms with E-state index in [-0.39, 0.29) is 53.5 Å². The number of hydrogen-bond acceptors (Lipinski definition) is 8. The molecule has 10 nitrogen and oxygen atoms in total. The predicted molar refractivity (Wildman–Crippen MR) is 147 cm³/mol. The van der Waals surface area contributed by atoms with Crippen molar-refractivity contribution >= 4 is 39.6 Å². The molecular weight excluding hydrogens is 606 g/mol. The number of aliphatic hydroxyl groups is 1. The Kier molecular flexibility index (Phi) is 10.4. The van der Waals surface area contributed by atoms with Gasteiger partial charge in [-0.3, -0.25) is 9.52 Å². The van der Waals surface area contributed by atoms with Crippen molar-refractivity contribution in [2.45, 2.75) is 48.0 Å². The van der Waals surface area contributed by atoms with E-state index in [1.165, 1.54) is 24.4 Å². The summed E-state index contributed by atoms with van der Waals surface area (Å²) in [5.41, 5.74) is -2.07. The first-order valence-electron chi connectivity index (χ1n) is 12.3. The molecule has 0 spiro atoms. The number of likely N-dealkylation sites (N-methyl/N-ethyl adjacent to an activating group) is 1. The molecule has 1 aliphatic carbocycles. The molecular formula is C26H28ClF4N5O5S. The summed E-state index contributed by atoms with van der Waals surface area (Å²) in [4.78, 5) is 16.9. The van der Waals surface area contributed by atoms with Gasteiger partial charge in [0, 0.05) is 18.3 Å². The summed E-state index contributed by atoms with van der Waals surface area (Å²) in [7, 11) is -0.834. The van der Waals surface area contributed by atoms with E-state index in [9.17, 15) is 26.7 Å². The number of anilines is 2. The topological polar surface area (TPSA) is 145 Å². The number of carbonyl (C=O) groups is 1. The van der Waals surface area contributed by atoms with Crippen molar-refractivity contribution in [1.29, 1.82) is 0 Å². The summed E-state index contributed by atoms with van der Waals surface area (Å²) in [5, 5.41) is 21.4. The van der Waals surface area contributed by atoms with E-state index in [0.717, 1.165) is 30.6 Å². The first-order chi connectivity index (χ1) is 19.6. The summed E-state index contributed by atoms with van der Waals surface area (Å²) in [6, 6.07) is 7.13. The zero-order chi connectivity index (χ0) is 31.3. The van der Waals surface area contributed by atoms with E-state index in [1.54, 1.807) is 14.1 Å². The van der Waals surface area contributed by atoms with Crippen LogP contribution in [0, 0.1) is 5.82 Å². The van der Waals surface area contributed by atoms with Crippen molar-refractivity contribution in [1.82, 2.24) is 14.9 Å². The monoisotopic (exact) mass is 633 g/mol. The SMILES string of the molecule is CN(C)[C@@H]1C[C@@](O)(c2cccc(C(F)(F)F)c2)CC[C@H]1Nc1cc(F)c(S(=O)(=O)Nc2ccncn2)cc1Cl.O=CO. The second kappa shape index (κ2) is 13.2. The number of carboxylic acid groups (broad SMARTS) is 1. The van der Waals surface area contributed by atoms with Gasteiger partial charge in [-0.15, -0.1) is 0 Å². The van der Waals surface area contributed by atoms with Crippen molar-refractivity contribution in [2.75, 3.05) is 24.1 Å². The number of rotatable bonds is 7. The van der Waals surface area contributed by atoms with Gasteiger partial charge in [-0.25, -0.2) is 22.8 Å². The second-order valence-corrected chi connectivity index (χ2v) is 11.8. The van der Waals surface area contributed by atoms with E-state index >= 15 is 4.39 Å². The minimum absolute atomic E-state index is 0.0491. The average molecular weight is 634 g/mol. The molecule has 228 valence electrons. The maximum absolute atomic E-state index is 15.0. The highest BCUT2D eigenvalue weighted by molar-refractivity contribution is 7.92. The van der Waals surface area contributed by atoms with Gasteiger partial charge < -0.3 is 20.4 Å². The second-order valence-electron chi connectivity index (χ2n) is 9.70. The number of nitrogens with zero attached hydrogens (tertiary/aromatic N) is 3. The molecule has 0 amide bonds. The molecule has 4 N–H and O–H groups in total. The van der Waals surface area contributed by atoms with Crippen LogP contribution in [0.3, 0.4) is 0 Å². The Bertz CT molecular complexity index is 1500. The zero-order valence-electron chi connectivity index (χ0n) is 22.3. The fraction of sp³-hybridized carbons (Fsp3) is 0.346. The van der Waals surface area contributed by atoms with Crippen molar-refractivity contribution in [3.8, 4) is 0 Å². The maximum Gasteiger partial charge on any atom is 0.416 e. The van der Waals surface area contributed by atoms with Crippen molar-refractivity contribution in [2.24, 2.45) is 0 Å². The van der Waals surface area contributed by atoms with E-state index in [4.69, 9.17) is 21.5 Å². The summed E-state index contributed by atoms with van der Waals surface area (Å²) in [6.07, 6.45) is -1.56. The van der Waals surface area contributed by atoms with Gasteiger partial charge in [0.15, 0.2) is 0 Å². The van der Waals surface area contributed by atoms with Crippen molar-refractivity contribution in [3.05, 3.63) is 77.0 Å². The predicted octanol–water partition coefficient (Wildman–Crippen LogP) is 4.57. The Morgan fingerprint density at radius 1 is 1.19 bits per heavy atom. The van der Waals surface area contributed by atoms with Crippen LogP contribution in [0.1, 0.15) is 30.4 Å².